The van der Waals surface area contributed by atoms with Crippen molar-refractivity contribution < 1.29 is 19.0 Å². The predicted molar refractivity (Wildman–Crippen MR) is 69.4 cm³/mol. The van der Waals surface area contributed by atoms with Crippen LogP contribution in [0.1, 0.15) is 19.3 Å². The minimum absolute atomic E-state index is 0.0226. The number of hydrogen-bond acceptors (Lipinski definition) is 4. The Bertz CT molecular complexity index is 469. The van der Waals surface area contributed by atoms with Gasteiger partial charge in [0.15, 0.2) is 11.5 Å². The number of benzene rings is 1. The first kappa shape index (κ1) is 12.3. The van der Waals surface area contributed by atoms with Crippen LogP contribution in [0.5, 0.6) is 11.5 Å². The van der Waals surface area contributed by atoms with Crippen LogP contribution in [0, 0.1) is 5.92 Å². The molecule has 2 aliphatic heterocycles. The van der Waals surface area contributed by atoms with E-state index in [9.17, 15) is 4.79 Å². The van der Waals surface area contributed by atoms with Gasteiger partial charge in [0.05, 0.1) is 0 Å². The molecule has 0 spiro atoms. The van der Waals surface area contributed by atoms with Crippen molar-refractivity contribution >= 4 is 11.6 Å². The molecule has 5 heteroatoms. The minimum Gasteiger partial charge on any atom is -0.454 e. The Morgan fingerprint density at radius 3 is 3.05 bits per heavy atom. The SMILES string of the molecule is O=C(CC1CCCOC1)Nc1ccc2c(c1)OCO2. The molecule has 1 aromatic rings. The van der Waals surface area contributed by atoms with Crippen LogP contribution < -0.4 is 14.8 Å². The average Bonchev–Trinajstić information content (AvgIpc) is 2.87. The Morgan fingerprint density at radius 1 is 1.32 bits per heavy atom. The summed E-state index contributed by atoms with van der Waals surface area (Å²) in [4.78, 5) is 11.9. The van der Waals surface area contributed by atoms with Gasteiger partial charge in [-0.25, -0.2) is 0 Å². The fourth-order valence-electron chi connectivity index (χ4n) is 2.42. The number of fused-ring (bicyclic) bond motifs is 1. The van der Waals surface area contributed by atoms with Crippen LogP contribution >= 0.6 is 0 Å². The lowest BCUT2D eigenvalue weighted by Gasteiger charge is -2.21. The lowest BCUT2D eigenvalue weighted by atomic mass is 9.98. The summed E-state index contributed by atoms with van der Waals surface area (Å²) in [5.41, 5.74) is 0.742. The normalized spacial score (nSPS) is 21.2. The number of carbonyl (C=O) groups is 1. The molecule has 1 fully saturated rings. The molecule has 5 nitrogen and oxygen atoms in total. The molecule has 0 bridgehead atoms. The number of ether oxygens (including phenoxy) is 3. The van der Waals surface area contributed by atoms with Crippen molar-refractivity contribution in [1.82, 2.24) is 0 Å². The van der Waals surface area contributed by atoms with E-state index >= 15 is 0 Å². The molecule has 1 saturated heterocycles. The van der Waals surface area contributed by atoms with Crippen molar-refractivity contribution in [3.8, 4) is 11.5 Å². The minimum atomic E-state index is 0.0226. The number of carbonyl (C=O) groups excluding carboxylic acids is 1. The second-order valence-electron chi connectivity index (χ2n) is 4.90. The van der Waals surface area contributed by atoms with Crippen molar-refractivity contribution in [1.29, 1.82) is 0 Å². The summed E-state index contributed by atoms with van der Waals surface area (Å²) in [6.45, 7) is 1.75. The molecule has 2 aliphatic rings. The Kier molecular flexibility index (Phi) is 3.55. The predicted octanol–water partition coefficient (Wildman–Crippen LogP) is 2.17. The maximum atomic E-state index is 11.9. The first-order chi connectivity index (χ1) is 9.31. The smallest absolute Gasteiger partial charge is 0.231 e. The molecule has 0 aromatic heterocycles. The van der Waals surface area contributed by atoms with Gasteiger partial charge in [-0.15, -0.1) is 0 Å². The van der Waals surface area contributed by atoms with Crippen LogP contribution in [0.25, 0.3) is 0 Å². The molecule has 0 radical (unpaired) electrons. The van der Waals surface area contributed by atoms with Gasteiger partial charge in [-0.1, -0.05) is 0 Å². The molecule has 1 atom stereocenters. The fraction of sp³-hybridized carbons (Fsp3) is 0.500. The molecule has 1 aromatic carbocycles. The number of amides is 1. The molecule has 0 saturated carbocycles. The number of anilines is 1. The van der Waals surface area contributed by atoms with Crippen LogP contribution in [-0.2, 0) is 9.53 Å². The summed E-state index contributed by atoms with van der Waals surface area (Å²) in [6, 6.07) is 5.42. The van der Waals surface area contributed by atoms with Crippen LogP contribution in [0.3, 0.4) is 0 Å². The van der Waals surface area contributed by atoms with E-state index in [0.717, 1.165) is 30.9 Å². The Hall–Kier alpha value is -1.75. The van der Waals surface area contributed by atoms with Gasteiger partial charge in [-0.05, 0) is 30.9 Å². The van der Waals surface area contributed by atoms with Gasteiger partial charge in [0, 0.05) is 31.4 Å². The quantitative estimate of drug-likeness (QED) is 0.908. The topological polar surface area (TPSA) is 56.8 Å². The molecular formula is C14H17NO4. The highest BCUT2D eigenvalue weighted by atomic mass is 16.7. The van der Waals surface area contributed by atoms with Crippen molar-refractivity contribution in [3.63, 3.8) is 0 Å². The van der Waals surface area contributed by atoms with Gasteiger partial charge < -0.3 is 19.5 Å². The van der Waals surface area contributed by atoms with E-state index in [1.807, 2.05) is 12.1 Å². The van der Waals surface area contributed by atoms with Crippen LogP contribution in [0.15, 0.2) is 18.2 Å². The second kappa shape index (κ2) is 5.48. The fourth-order valence-corrected chi connectivity index (χ4v) is 2.42. The van der Waals surface area contributed by atoms with Crippen LogP contribution in [-0.4, -0.2) is 25.9 Å². The molecular weight excluding hydrogens is 246 g/mol. The lowest BCUT2D eigenvalue weighted by Crippen LogP contribution is -2.23. The monoisotopic (exact) mass is 263 g/mol. The number of nitrogens with one attached hydrogen (secondary N) is 1. The Labute approximate surface area is 111 Å². The summed E-state index contributed by atoms with van der Waals surface area (Å²) < 4.78 is 15.9. The lowest BCUT2D eigenvalue weighted by molar-refractivity contribution is -0.118. The van der Waals surface area contributed by atoms with E-state index in [1.165, 1.54) is 0 Å². The summed E-state index contributed by atoms with van der Waals surface area (Å²) in [7, 11) is 0. The van der Waals surface area contributed by atoms with E-state index in [2.05, 4.69) is 5.32 Å². The molecule has 1 unspecified atom stereocenters. The first-order valence-electron chi connectivity index (χ1n) is 6.58. The third-order valence-electron chi connectivity index (χ3n) is 3.38. The molecule has 19 heavy (non-hydrogen) atoms. The zero-order valence-corrected chi connectivity index (χ0v) is 10.7. The van der Waals surface area contributed by atoms with E-state index in [1.54, 1.807) is 6.07 Å². The number of hydrogen-bond donors (Lipinski definition) is 1. The molecule has 1 amide bonds. The molecule has 1 N–H and O–H groups in total. The maximum absolute atomic E-state index is 11.9. The van der Waals surface area contributed by atoms with Gasteiger partial charge in [0.2, 0.25) is 12.7 Å². The highest BCUT2D eigenvalue weighted by molar-refractivity contribution is 5.91. The molecule has 2 heterocycles. The second-order valence-corrected chi connectivity index (χ2v) is 4.90. The highest BCUT2D eigenvalue weighted by Gasteiger charge is 2.18. The average molecular weight is 263 g/mol. The van der Waals surface area contributed by atoms with Crippen molar-refractivity contribution in [2.75, 3.05) is 25.3 Å². The zero-order chi connectivity index (χ0) is 13.1. The zero-order valence-electron chi connectivity index (χ0n) is 10.7. The van der Waals surface area contributed by atoms with Gasteiger partial charge in [0.1, 0.15) is 0 Å². The van der Waals surface area contributed by atoms with Gasteiger partial charge in [-0.3, -0.25) is 4.79 Å². The van der Waals surface area contributed by atoms with Crippen LogP contribution in [0.4, 0.5) is 5.69 Å². The van der Waals surface area contributed by atoms with Crippen molar-refractivity contribution in [2.45, 2.75) is 19.3 Å². The highest BCUT2D eigenvalue weighted by Crippen LogP contribution is 2.34. The third kappa shape index (κ3) is 2.98. The maximum Gasteiger partial charge on any atom is 0.231 e. The van der Waals surface area contributed by atoms with Gasteiger partial charge in [0.25, 0.3) is 0 Å². The summed E-state index contributed by atoms with van der Waals surface area (Å²) >= 11 is 0. The van der Waals surface area contributed by atoms with Crippen LogP contribution in [0.2, 0.25) is 0 Å². The molecule has 0 aliphatic carbocycles. The third-order valence-corrected chi connectivity index (χ3v) is 3.38. The largest absolute Gasteiger partial charge is 0.454 e. The van der Waals surface area contributed by atoms with E-state index < -0.39 is 0 Å². The Morgan fingerprint density at radius 2 is 2.21 bits per heavy atom. The molecule has 102 valence electrons. The number of rotatable bonds is 3. The summed E-state index contributed by atoms with van der Waals surface area (Å²) in [5.74, 6) is 1.76. The standard InChI is InChI=1S/C14H17NO4/c16-14(6-10-2-1-5-17-8-10)15-11-3-4-12-13(7-11)19-9-18-12/h3-4,7,10H,1-2,5-6,8-9H2,(H,15,16). The summed E-state index contributed by atoms with van der Waals surface area (Å²) in [5, 5.41) is 2.89. The van der Waals surface area contributed by atoms with E-state index in [0.29, 0.717) is 24.7 Å². The van der Waals surface area contributed by atoms with Crippen molar-refractivity contribution in [2.24, 2.45) is 5.92 Å². The first-order valence-corrected chi connectivity index (χ1v) is 6.58. The van der Waals surface area contributed by atoms with E-state index in [-0.39, 0.29) is 12.7 Å². The molecule has 3 rings (SSSR count). The van der Waals surface area contributed by atoms with Crippen molar-refractivity contribution in [3.05, 3.63) is 18.2 Å². The summed E-state index contributed by atoms with van der Waals surface area (Å²) in [6.07, 6.45) is 2.62. The van der Waals surface area contributed by atoms with Gasteiger partial charge in [-0.2, -0.15) is 0 Å². The Balaban J connectivity index is 1.56. The van der Waals surface area contributed by atoms with E-state index in [4.69, 9.17) is 14.2 Å². The van der Waals surface area contributed by atoms with Gasteiger partial charge >= 0.3 is 0 Å².